The van der Waals surface area contributed by atoms with Crippen molar-refractivity contribution in [1.82, 2.24) is 9.80 Å². The third-order valence-corrected chi connectivity index (χ3v) is 8.12. The number of hydrogen-bond donors (Lipinski definition) is 2. The summed E-state index contributed by atoms with van der Waals surface area (Å²) in [6, 6.07) is 10.7. The average Bonchev–Trinajstić information content (AvgIpc) is 2.96. The number of benzene rings is 2. The number of piperidine rings is 2. The molecule has 10 heteroatoms. The number of halogens is 3. The highest BCUT2D eigenvalue weighted by atomic mass is 19.4. The molecular weight excluding hydrogens is 525 g/mol. The van der Waals surface area contributed by atoms with E-state index in [2.05, 4.69) is 4.90 Å². The molecule has 0 saturated carbocycles. The average molecular weight is 563 g/mol. The van der Waals surface area contributed by atoms with E-state index in [1.54, 1.807) is 49.5 Å². The normalized spacial score (nSPS) is 19.5. The van der Waals surface area contributed by atoms with Crippen molar-refractivity contribution < 1.29 is 37.7 Å². The number of methoxy groups -OCH3 is 2. The first-order valence-corrected chi connectivity index (χ1v) is 13.5. The van der Waals surface area contributed by atoms with Gasteiger partial charge in [0.15, 0.2) is 11.5 Å². The van der Waals surface area contributed by atoms with Crippen molar-refractivity contribution in [2.24, 2.45) is 0 Å². The molecule has 2 N–H and O–H groups in total. The van der Waals surface area contributed by atoms with E-state index in [0.29, 0.717) is 44.2 Å². The van der Waals surface area contributed by atoms with Crippen LogP contribution in [0.25, 0.3) is 6.08 Å². The number of amides is 1. The highest BCUT2D eigenvalue weighted by Gasteiger charge is 2.40. The maximum absolute atomic E-state index is 12.8. The summed E-state index contributed by atoms with van der Waals surface area (Å²) in [7, 11) is 3.10. The Bertz CT molecular complexity index is 1170. The fraction of sp³-hybridized carbons (Fsp3) is 0.500. The number of aliphatic hydroxyl groups excluding tert-OH is 1. The first-order valence-electron chi connectivity index (χ1n) is 13.5. The third-order valence-electron chi connectivity index (χ3n) is 8.12. The molecule has 4 rings (SSSR count). The van der Waals surface area contributed by atoms with Gasteiger partial charge >= 0.3 is 6.18 Å². The summed E-state index contributed by atoms with van der Waals surface area (Å²) >= 11 is 0. The predicted octanol–water partition coefficient (Wildman–Crippen LogP) is 4.33. The van der Waals surface area contributed by atoms with E-state index in [0.717, 1.165) is 36.1 Å². The molecule has 40 heavy (non-hydrogen) atoms. The van der Waals surface area contributed by atoms with Gasteiger partial charge < -0.3 is 29.5 Å². The molecule has 2 saturated heterocycles. The summed E-state index contributed by atoms with van der Waals surface area (Å²) in [5.74, 6) is 1.16. The number of carbonyl (C=O) groups is 1. The van der Waals surface area contributed by atoms with Crippen molar-refractivity contribution in [3.63, 3.8) is 0 Å². The molecule has 218 valence electrons. The van der Waals surface area contributed by atoms with Crippen LogP contribution in [0.5, 0.6) is 11.5 Å². The van der Waals surface area contributed by atoms with E-state index < -0.39 is 23.4 Å². The molecule has 7 nitrogen and oxygen atoms in total. The topological polar surface area (TPSA) is 82.5 Å². The number of carbonyl (C=O) groups excluding carboxylic acids is 1. The molecule has 0 aromatic heterocycles. The second-order valence-corrected chi connectivity index (χ2v) is 10.6. The lowest BCUT2D eigenvalue weighted by Gasteiger charge is -2.43. The van der Waals surface area contributed by atoms with Crippen LogP contribution in [0.4, 0.5) is 13.2 Å². The Balaban J connectivity index is 1.24. The van der Waals surface area contributed by atoms with Crippen LogP contribution in [0.15, 0.2) is 48.5 Å². The lowest BCUT2D eigenvalue weighted by Crippen LogP contribution is -2.56. The number of nitrogens with zero attached hydrogens (tertiary/aromatic N) is 2. The zero-order valence-corrected chi connectivity index (χ0v) is 22.9. The van der Waals surface area contributed by atoms with Gasteiger partial charge in [-0.15, -0.1) is 0 Å². The molecule has 1 unspecified atom stereocenters. The number of β-amino-alcohol motifs (C(OH)–C–C–N with tert-alkyl or cyclic N) is 1. The minimum Gasteiger partial charge on any atom is -0.493 e. The van der Waals surface area contributed by atoms with Crippen LogP contribution in [-0.4, -0.2) is 84.6 Å². The van der Waals surface area contributed by atoms with Gasteiger partial charge in [-0.1, -0.05) is 18.2 Å². The number of aliphatic hydroxyl groups is 2. The fourth-order valence-electron chi connectivity index (χ4n) is 5.48. The lowest BCUT2D eigenvalue weighted by molar-refractivity contribution is -0.140. The molecule has 2 heterocycles. The predicted molar refractivity (Wildman–Crippen MR) is 145 cm³/mol. The quantitative estimate of drug-likeness (QED) is 0.467. The molecule has 0 radical (unpaired) electrons. The summed E-state index contributed by atoms with van der Waals surface area (Å²) in [6.07, 6.45) is -0.0366. The second-order valence-electron chi connectivity index (χ2n) is 10.6. The van der Waals surface area contributed by atoms with Gasteiger partial charge in [0, 0.05) is 25.7 Å². The summed E-state index contributed by atoms with van der Waals surface area (Å²) in [4.78, 5) is 16.5. The summed E-state index contributed by atoms with van der Waals surface area (Å²) < 4.78 is 49.1. The van der Waals surface area contributed by atoms with Crippen LogP contribution in [0.1, 0.15) is 48.3 Å². The Morgan fingerprint density at radius 2 is 1.65 bits per heavy atom. The van der Waals surface area contributed by atoms with Crippen molar-refractivity contribution >= 4 is 12.0 Å². The Kier molecular flexibility index (Phi) is 9.43. The highest BCUT2D eigenvalue weighted by Crippen LogP contribution is 2.34. The van der Waals surface area contributed by atoms with E-state index in [-0.39, 0.29) is 24.7 Å². The van der Waals surface area contributed by atoms with Crippen LogP contribution in [0, 0.1) is 0 Å². The van der Waals surface area contributed by atoms with E-state index in [4.69, 9.17) is 9.47 Å². The van der Waals surface area contributed by atoms with Gasteiger partial charge in [-0.25, -0.2) is 0 Å². The SMILES string of the molecule is COc1ccc(C=CC(=O)N2CCC(O)(C(O)CN3CCC(c4ccc(C(F)(F)F)cc4)CC3)CC2)cc1OC. The standard InChI is InChI=1S/C30H37F3N2O5/c1-39-25-9-3-21(19-26(25)40-2)4-10-28(37)35-17-13-29(38,14-18-35)27(36)20-34-15-11-23(12-16-34)22-5-7-24(8-6-22)30(31,32)33/h3-10,19,23,27,36,38H,11-18,20H2,1-2H3. The Labute approximate surface area is 232 Å². The number of alkyl halides is 3. The smallest absolute Gasteiger partial charge is 0.416 e. The van der Waals surface area contributed by atoms with Crippen molar-refractivity contribution in [1.29, 1.82) is 0 Å². The minimum atomic E-state index is -4.34. The Morgan fingerprint density at radius 1 is 1.02 bits per heavy atom. The second kappa shape index (κ2) is 12.6. The number of hydrogen-bond acceptors (Lipinski definition) is 6. The minimum absolute atomic E-state index is 0.167. The first-order chi connectivity index (χ1) is 19.0. The molecule has 0 aliphatic carbocycles. The summed E-state index contributed by atoms with van der Waals surface area (Å²) in [5.41, 5.74) is -0.249. The van der Waals surface area contributed by atoms with Gasteiger partial charge in [0.1, 0.15) is 0 Å². The van der Waals surface area contributed by atoms with Crippen LogP contribution >= 0.6 is 0 Å². The van der Waals surface area contributed by atoms with E-state index in [9.17, 15) is 28.2 Å². The lowest BCUT2D eigenvalue weighted by atomic mass is 9.84. The molecule has 2 aromatic carbocycles. The van der Waals surface area contributed by atoms with Gasteiger partial charge in [0.25, 0.3) is 0 Å². The van der Waals surface area contributed by atoms with Crippen LogP contribution in [-0.2, 0) is 11.0 Å². The Morgan fingerprint density at radius 3 is 2.23 bits per heavy atom. The van der Waals surface area contributed by atoms with Gasteiger partial charge in [-0.05, 0) is 86.2 Å². The molecule has 0 spiro atoms. The first kappa shape index (κ1) is 29.9. The largest absolute Gasteiger partial charge is 0.493 e. The fourth-order valence-corrected chi connectivity index (χ4v) is 5.48. The van der Waals surface area contributed by atoms with Crippen molar-refractivity contribution in [2.45, 2.75) is 49.5 Å². The number of ether oxygens (including phenoxy) is 2. The van der Waals surface area contributed by atoms with E-state index in [1.807, 2.05) is 6.07 Å². The maximum atomic E-state index is 12.8. The van der Waals surface area contributed by atoms with Gasteiger partial charge in [-0.3, -0.25) is 4.79 Å². The highest BCUT2D eigenvalue weighted by molar-refractivity contribution is 5.92. The van der Waals surface area contributed by atoms with Gasteiger partial charge in [0.05, 0.1) is 31.5 Å². The zero-order valence-electron chi connectivity index (χ0n) is 22.9. The molecule has 1 amide bonds. The maximum Gasteiger partial charge on any atom is 0.416 e. The van der Waals surface area contributed by atoms with Crippen molar-refractivity contribution in [3.05, 3.63) is 65.2 Å². The van der Waals surface area contributed by atoms with E-state index >= 15 is 0 Å². The van der Waals surface area contributed by atoms with Crippen LogP contribution < -0.4 is 9.47 Å². The number of likely N-dealkylation sites (tertiary alicyclic amines) is 2. The van der Waals surface area contributed by atoms with Crippen LogP contribution in [0.3, 0.4) is 0 Å². The molecule has 2 aromatic rings. The van der Waals surface area contributed by atoms with Gasteiger partial charge in [0.2, 0.25) is 5.91 Å². The summed E-state index contributed by atoms with van der Waals surface area (Å²) in [5, 5.41) is 22.1. The molecular formula is C30H37F3N2O5. The number of rotatable bonds is 8. The van der Waals surface area contributed by atoms with Crippen molar-refractivity contribution in [2.75, 3.05) is 46.9 Å². The molecule has 0 bridgehead atoms. The van der Waals surface area contributed by atoms with Crippen molar-refractivity contribution in [3.8, 4) is 11.5 Å². The molecule has 2 fully saturated rings. The monoisotopic (exact) mass is 562 g/mol. The third kappa shape index (κ3) is 7.16. The van der Waals surface area contributed by atoms with Gasteiger partial charge in [-0.2, -0.15) is 13.2 Å². The summed E-state index contributed by atoms with van der Waals surface area (Å²) in [6.45, 7) is 2.34. The Hall–Kier alpha value is -3.08. The molecule has 2 aliphatic heterocycles. The van der Waals surface area contributed by atoms with E-state index in [1.165, 1.54) is 6.08 Å². The molecule has 2 aliphatic rings. The van der Waals surface area contributed by atoms with Crippen LogP contribution in [0.2, 0.25) is 0 Å². The zero-order chi connectivity index (χ0) is 28.9. The molecule has 1 atom stereocenters.